The summed E-state index contributed by atoms with van der Waals surface area (Å²) in [6.07, 6.45) is 3.09. The molecule has 1 aliphatic rings. The van der Waals surface area contributed by atoms with E-state index >= 15 is 0 Å². The van der Waals surface area contributed by atoms with E-state index in [0.29, 0.717) is 18.9 Å². The van der Waals surface area contributed by atoms with Gasteiger partial charge in [0.1, 0.15) is 0 Å². The van der Waals surface area contributed by atoms with Gasteiger partial charge in [-0.2, -0.15) is 0 Å². The molecule has 0 aliphatic heterocycles. The van der Waals surface area contributed by atoms with Crippen molar-refractivity contribution in [3.63, 3.8) is 0 Å². The third-order valence-corrected chi connectivity index (χ3v) is 4.09. The van der Waals surface area contributed by atoms with Crippen molar-refractivity contribution in [3.05, 3.63) is 30.1 Å². The highest BCUT2D eigenvalue weighted by Crippen LogP contribution is 2.23. The van der Waals surface area contributed by atoms with Crippen molar-refractivity contribution in [2.75, 3.05) is 6.54 Å². The lowest BCUT2D eigenvalue weighted by molar-refractivity contribution is -0.128. The Hall–Kier alpha value is -1.62. The largest absolute Gasteiger partial charge is 0.478 e. The van der Waals surface area contributed by atoms with Gasteiger partial charge >= 0.3 is 0 Å². The molecule has 1 saturated carbocycles. The van der Waals surface area contributed by atoms with Crippen LogP contribution >= 0.6 is 0 Å². The molecule has 1 aromatic rings. The number of ether oxygens (including phenoxy) is 1. The molecule has 0 bridgehead atoms. The zero-order valence-electron chi connectivity index (χ0n) is 12.9. The van der Waals surface area contributed by atoms with Gasteiger partial charge in [0.15, 0.2) is 17.7 Å². The van der Waals surface area contributed by atoms with Gasteiger partial charge in [-0.3, -0.25) is 4.79 Å². The first-order chi connectivity index (χ1) is 10.6. The summed E-state index contributed by atoms with van der Waals surface area (Å²) >= 11 is 0. The standard InChI is InChI=1S/C17H24FNO3/c1-2-15(22-16-9-4-3-8-14(16)18)17(21)19-11-12-6-5-7-13(20)10-12/h3-4,8-9,12-13,15,20H,2,5-7,10-11H2,1H3,(H,19,21). The Labute approximate surface area is 130 Å². The van der Waals surface area contributed by atoms with Crippen molar-refractivity contribution in [1.29, 1.82) is 0 Å². The molecule has 4 nitrogen and oxygen atoms in total. The van der Waals surface area contributed by atoms with Gasteiger partial charge in [0, 0.05) is 6.54 Å². The SMILES string of the molecule is CCC(Oc1ccccc1F)C(=O)NCC1CCCC(O)C1. The quantitative estimate of drug-likeness (QED) is 0.849. The zero-order chi connectivity index (χ0) is 15.9. The molecule has 3 unspecified atom stereocenters. The van der Waals surface area contributed by atoms with Gasteiger partial charge in [0.25, 0.3) is 5.91 Å². The summed E-state index contributed by atoms with van der Waals surface area (Å²) in [7, 11) is 0. The van der Waals surface area contributed by atoms with Crippen molar-refractivity contribution in [2.45, 2.75) is 51.2 Å². The number of aliphatic hydroxyl groups is 1. The van der Waals surface area contributed by atoms with Crippen molar-refractivity contribution >= 4 is 5.91 Å². The number of rotatable bonds is 6. The maximum Gasteiger partial charge on any atom is 0.261 e. The normalized spacial score (nSPS) is 22.9. The van der Waals surface area contributed by atoms with Gasteiger partial charge < -0.3 is 15.2 Å². The Balaban J connectivity index is 1.85. The van der Waals surface area contributed by atoms with E-state index < -0.39 is 11.9 Å². The Morgan fingerprint density at radius 3 is 2.91 bits per heavy atom. The van der Waals surface area contributed by atoms with Crippen LogP contribution in [0, 0.1) is 11.7 Å². The van der Waals surface area contributed by atoms with Gasteiger partial charge in [-0.25, -0.2) is 4.39 Å². The molecule has 2 rings (SSSR count). The minimum Gasteiger partial charge on any atom is -0.478 e. The highest BCUT2D eigenvalue weighted by molar-refractivity contribution is 5.81. The smallest absolute Gasteiger partial charge is 0.261 e. The monoisotopic (exact) mass is 309 g/mol. The third kappa shape index (κ3) is 4.70. The highest BCUT2D eigenvalue weighted by Gasteiger charge is 2.23. The van der Waals surface area contributed by atoms with E-state index in [2.05, 4.69) is 5.32 Å². The summed E-state index contributed by atoms with van der Waals surface area (Å²) in [5.74, 6) is -0.300. The van der Waals surface area contributed by atoms with Crippen LogP contribution in [0.3, 0.4) is 0 Å². The number of carbonyl (C=O) groups is 1. The molecule has 0 spiro atoms. The van der Waals surface area contributed by atoms with Crippen LogP contribution in [0.1, 0.15) is 39.0 Å². The number of amides is 1. The van der Waals surface area contributed by atoms with E-state index in [-0.39, 0.29) is 17.8 Å². The lowest BCUT2D eigenvalue weighted by Crippen LogP contribution is -2.41. The third-order valence-electron chi connectivity index (χ3n) is 4.09. The lowest BCUT2D eigenvalue weighted by Gasteiger charge is -2.26. The van der Waals surface area contributed by atoms with Gasteiger partial charge in [-0.05, 0) is 43.7 Å². The number of benzene rings is 1. The summed E-state index contributed by atoms with van der Waals surface area (Å²) in [5.41, 5.74) is 0. The number of carbonyl (C=O) groups excluding carboxylic acids is 1. The van der Waals surface area contributed by atoms with Crippen molar-refractivity contribution in [2.24, 2.45) is 5.92 Å². The molecule has 0 aromatic heterocycles. The molecule has 5 heteroatoms. The molecular formula is C17H24FNO3. The van der Waals surface area contributed by atoms with Crippen molar-refractivity contribution < 1.29 is 19.0 Å². The summed E-state index contributed by atoms with van der Waals surface area (Å²) < 4.78 is 19.1. The topological polar surface area (TPSA) is 58.6 Å². The summed E-state index contributed by atoms with van der Waals surface area (Å²) in [6.45, 7) is 2.36. The number of halogens is 1. The van der Waals surface area contributed by atoms with E-state index in [1.807, 2.05) is 6.92 Å². The van der Waals surface area contributed by atoms with Crippen molar-refractivity contribution in [1.82, 2.24) is 5.32 Å². The Bertz CT molecular complexity index is 495. The van der Waals surface area contributed by atoms with Gasteiger partial charge in [-0.1, -0.05) is 25.5 Å². The molecule has 1 fully saturated rings. The second-order valence-corrected chi connectivity index (χ2v) is 5.88. The van der Waals surface area contributed by atoms with Crippen LogP contribution < -0.4 is 10.1 Å². The van der Waals surface area contributed by atoms with Crippen LogP contribution in [0.2, 0.25) is 0 Å². The van der Waals surface area contributed by atoms with E-state index in [9.17, 15) is 14.3 Å². The van der Waals surface area contributed by atoms with E-state index in [4.69, 9.17) is 4.74 Å². The van der Waals surface area contributed by atoms with E-state index in [1.54, 1.807) is 12.1 Å². The second-order valence-electron chi connectivity index (χ2n) is 5.88. The average Bonchev–Trinajstić information content (AvgIpc) is 2.52. The maximum absolute atomic E-state index is 13.6. The molecular weight excluding hydrogens is 285 g/mol. The van der Waals surface area contributed by atoms with Crippen LogP contribution in [0.4, 0.5) is 4.39 Å². The predicted octanol–water partition coefficient (Wildman–Crippen LogP) is 2.65. The number of aliphatic hydroxyl groups excluding tert-OH is 1. The molecule has 0 radical (unpaired) electrons. The fourth-order valence-electron chi connectivity index (χ4n) is 2.82. The molecule has 2 N–H and O–H groups in total. The van der Waals surface area contributed by atoms with Crippen LogP contribution in [0.5, 0.6) is 5.75 Å². The highest BCUT2D eigenvalue weighted by atomic mass is 19.1. The molecule has 1 aromatic carbocycles. The number of nitrogens with one attached hydrogen (secondary N) is 1. The molecule has 122 valence electrons. The molecule has 3 atom stereocenters. The van der Waals surface area contributed by atoms with Crippen LogP contribution in [-0.4, -0.2) is 29.8 Å². The number of hydrogen-bond acceptors (Lipinski definition) is 3. The number of hydrogen-bond donors (Lipinski definition) is 2. The van der Waals surface area contributed by atoms with E-state index in [0.717, 1.165) is 25.7 Å². The minimum atomic E-state index is -0.703. The van der Waals surface area contributed by atoms with Crippen LogP contribution in [0.25, 0.3) is 0 Å². The molecule has 1 aliphatic carbocycles. The Kier molecular flexibility index (Phi) is 6.19. The predicted molar refractivity (Wildman–Crippen MR) is 82.1 cm³/mol. The van der Waals surface area contributed by atoms with Crippen LogP contribution in [-0.2, 0) is 4.79 Å². The summed E-state index contributed by atoms with van der Waals surface area (Å²) in [4.78, 5) is 12.2. The van der Waals surface area contributed by atoms with Gasteiger partial charge in [0.2, 0.25) is 0 Å². The first-order valence-electron chi connectivity index (χ1n) is 7.97. The summed E-state index contributed by atoms with van der Waals surface area (Å²) in [5, 5.41) is 12.5. The Morgan fingerprint density at radius 2 is 2.23 bits per heavy atom. The zero-order valence-corrected chi connectivity index (χ0v) is 12.9. The fourth-order valence-corrected chi connectivity index (χ4v) is 2.82. The fraction of sp³-hybridized carbons (Fsp3) is 0.588. The number of para-hydroxylation sites is 1. The molecule has 0 saturated heterocycles. The minimum absolute atomic E-state index is 0.0950. The maximum atomic E-state index is 13.6. The molecule has 0 heterocycles. The van der Waals surface area contributed by atoms with E-state index in [1.165, 1.54) is 12.1 Å². The van der Waals surface area contributed by atoms with Crippen LogP contribution in [0.15, 0.2) is 24.3 Å². The van der Waals surface area contributed by atoms with Gasteiger partial charge in [-0.15, -0.1) is 0 Å². The molecule has 1 amide bonds. The second kappa shape index (κ2) is 8.13. The summed E-state index contributed by atoms with van der Waals surface area (Å²) in [6, 6.07) is 6.08. The molecule has 22 heavy (non-hydrogen) atoms. The van der Waals surface area contributed by atoms with Gasteiger partial charge in [0.05, 0.1) is 6.10 Å². The first kappa shape index (κ1) is 16.7. The Morgan fingerprint density at radius 1 is 1.45 bits per heavy atom. The van der Waals surface area contributed by atoms with Crippen molar-refractivity contribution in [3.8, 4) is 5.75 Å². The first-order valence-corrected chi connectivity index (χ1v) is 7.97. The average molecular weight is 309 g/mol. The lowest BCUT2D eigenvalue weighted by atomic mass is 9.87.